The van der Waals surface area contributed by atoms with E-state index in [0.717, 1.165) is 31.8 Å². The third kappa shape index (κ3) is 3.66. The second-order valence-corrected chi connectivity index (χ2v) is 7.58. The van der Waals surface area contributed by atoms with E-state index >= 15 is 0 Å². The monoisotopic (exact) mass is 439 g/mol. The summed E-state index contributed by atoms with van der Waals surface area (Å²) in [6.07, 6.45) is 3.83. The molecule has 4 aromatic rings. The molecule has 0 aliphatic heterocycles. The van der Waals surface area contributed by atoms with Gasteiger partial charge in [-0.2, -0.15) is 0 Å². The summed E-state index contributed by atoms with van der Waals surface area (Å²) in [5.74, 6) is -1.40. The zero-order chi connectivity index (χ0) is 19.7. The van der Waals surface area contributed by atoms with Crippen molar-refractivity contribution in [1.29, 1.82) is 0 Å². The third-order valence-electron chi connectivity index (χ3n) is 4.78. The lowest BCUT2D eigenvalue weighted by Gasteiger charge is -2.15. The minimum absolute atomic E-state index is 0.0532. The summed E-state index contributed by atoms with van der Waals surface area (Å²) in [6, 6.07) is 14.5. The van der Waals surface area contributed by atoms with Crippen molar-refractivity contribution >= 4 is 49.6 Å². The number of amides is 1. The number of rotatable bonds is 6. The van der Waals surface area contributed by atoms with Gasteiger partial charge in [0.25, 0.3) is 0 Å². The molecule has 0 aliphatic rings. The zero-order valence-corrected chi connectivity index (χ0v) is 16.4. The number of aromatic amines is 1. The molecule has 0 fully saturated rings. The number of aromatic nitrogens is 2. The van der Waals surface area contributed by atoms with Crippen molar-refractivity contribution < 1.29 is 14.7 Å². The highest BCUT2D eigenvalue weighted by atomic mass is 79.9. The molecule has 1 atom stereocenters. The molecule has 0 saturated heterocycles. The van der Waals surface area contributed by atoms with Crippen LogP contribution < -0.4 is 5.32 Å². The van der Waals surface area contributed by atoms with Crippen LogP contribution in [-0.4, -0.2) is 32.6 Å². The molecule has 0 spiro atoms. The van der Waals surface area contributed by atoms with Gasteiger partial charge in [0, 0.05) is 39.7 Å². The SMILES string of the molecule is O=C(Cn1ccc2ccc(Br)cc21)N[C@H](Cc1c[nH]c2ccccc12)C(=O)O. The van der Waals surface area contributed by atoms with E-state index in [2.05, 4.69) is 26.2 Å². The van der Waals surface area contributed by atoms with Crippen LogP contribution in [-0.2, 0) is 22.6 Å². The Kier molecular flexibility index (Phi) is 4.92. The Morgan fingerprint density at radius 3 is 2.82 bits per heavy atom. The lowest BCUT2D eigenvalue weighted by molar-refractivity contribution is -0.141. The lowest BCUT2D eigenvalue weighted by atomic mass is 10.0. The highest BCUT2D eigenvalue weighted by Crippen LogP contribution is 2.21. The van der Waals surface area contributed by atoms with Crippen molar-refractivity contribution in [3.63, 3.8) is 0 Å². The number of carbonyl (C=O) groups is 2. The molecular formula is C21H18BrN3O3. The molecule has 142 valence electrons. The van der Waals surface area contributed by atoms with Gasteiger partial charge in [-0.25, -0.2) is 4.79 Å². The fourth-order valence-corrected chi connectivity index (χ4v) is 3.76. The molecule has 6 nitrogen and oxygen atoms in total. The second-order valence-electron chi connectivity index (χ2n) is 6.67. The van der Waals surface area contributed by atoms with Crippen molar-refractivity contribution in [2.45, 2.75) is 19.0 Å². The van der Waals surface area contributed by atoms with Gasteiger partial charge < -0.3 is 20.0 Å². The molecule has 2 aromatic heterocycles. The fourth-order valence-electron chi connectivity index (χ4n) is 3.41. The van der Waals surface area contributed by atoms with Crippen molar-refractivity contribution in [3.05, 3.63) is 71.0 Å². The van der Waals surface area contributed by atoms with Crippen LogP contribution in [0.2, 0.25) is 0 Å². The topological polar surface area (TPSA) is 87.1 Å². The Bertz CT molecular complexity index is 1180. The van der Waals surface area contributed by atoms with Gasteiger partial charge in [0.15, 0.2) is 0 Å². The molecule has 0 aliphatic carbocycles. The molecule has 2 aromatic carbocycles. The van der Waals surface area contributed by atoms with E-state index in [1.165, 1.54) is 0 Å². The minimum Gasteiger partial charge on any atom is -0.480 e. The molecular weight excluding hydrogens is 422 g/mol. The van der Waals surface area contributed by atoms with Gasteiger partial charge >= 0.3 is 5.97 Å². The van der Waals surface area contributed by atoms with Crippen LogP contribution in [0.1, 0.15) is 5.56 Å². The number of aliphatic carboxylic acids is 1. The minimum atomic E-state index is -1.06. The standard InChI is InChI=1S/C21H18BrN3O3/c22-15-6-5-13-7-8-25(19(13)10-15)12-20(26)24-18(21(27)28)9-14-11-23-17-4-2-1-3-16(14)17/h1-8,10-11,18,23H,9,12H2,(H,24,26)(H,27,28)/t18-/m1/s1. The predicted octanol–water partition coefficient (Wildman–Crippen LogP) is 3.70. The maximum absolute atomic E-state index is 12.5. The number of nitrogens with one attached hydrogen (secondary N) is 2. The second kappa shape index (κ2) is 7.52. The Labute approximate surface area is 169 Å². The van der Waals surface area contributed by atoms with E-state index in [1.54, 1.807) is 10.8 Å². The first-order chi connectivity index (χ1) is 13.5. The van der Waals surface area contributed by atoms with Gasteiger partial charge in [-0.05, 0) is 35.2 Å². The Morgan fingerprint density at radius 1 is 1.18 bits per heavy atom. The molecule has 0 bridgehead atoms. The molecule has 2 heterocycles. The summed E-state index contributed by atoms with van der Waals surface area (Å²) in [7, 11) is 0. The van der Waals surface area contributed by atoms with Crippen LogP contribution in [0.3, 0.4) is 0 Å². The van der Waals surface area contributed by atoms with Crippen molar-refractivity contribution in [2.75, 3.05) is 0 Å². The van der Waals surface area contributed by atoms with E-state index in [1.807, 2.05) is 54.7 Å². The summed E-state index contributed by atoms with van der Waals surface area (Å²) < 4.78 is 2.73. The van der Waals surface area contributed by atoms with Gasteiger partial charge in [-0.15, -0.1) is 0 Å². The van der Waals surface area contributed by atoms with Crippen LogP contribution in [0.4, 0.5) is 0 Å². The largest absolute Gasteiger partial charge is 0.480 e. The highest BCUT2D eigenvalue weighted by Gasteiger charge is 2.22. The quantitative estimate of drug-likeness (QED) is 0.428. The van der Waals surface area contributed by atoms with Crippen molar-refractivity contribution in [1.82, 2.24) is 14.9 Å². The Balaban J connectivity index is 1.50. The van der Waals surface area contributed by atoms with Gasteiger partial charge in [0.05, 0.1) is 0 Å². The molecule has 7 heteroatoms. The van der Waals surface area contributed by atoms with Gasteiger partial charge in [0.2, 0.25) is 5.91 Å². The smallest absolute Gasteiger partial charge is 0.326 e. The molecule has 0 unspecified atom stereocenters. The van der Waals surface area contributed by atoms with Crippen LogP contribution >= 0.6 is 15.9 Å². The first kappa shape index (κ1) is 18.3. The Hall–Kier alpha value is -3.06. The van der Waals surface area contributed by atoms with E-state index in [4.69, 9.17) is 0 Å². The van der Waals surface area contributed by atoms with Gasteiger partial charge in [0.1, 0.15) is 12.6 Å². The number of carbonyl (C=O) groups excluding carboxylic acids is 1. The number of para-hydroxylation sites is 1. The number of halogens is 1. The number of hydrogen-bond acceptors (Lipinski definition) is 2. The average Bonchev–Trinajstić information content (AvgIpc) is 3.25. The number of benzene rings is 2. The van der Waals surface area contributed by atoms with E-state index in [9.17, 15) is 14.7 Å². The van der Waals surface area contributed by atoms with E-state index in [0.29, 0.717) is 0 Å². The maximum Gasteiger partial charge on any atom is 0.326 e. The van der Waals surface area contributed by atoms with Crippen molar-refractivity contribution in [3.8, 4) is 0 Å². The summed E-state index contributed by atoms with van der Waals surface area (Å²) in [6.45, 7) is 0.0532. The summed E-state index contributed by atoms with van der Waals surface area (Å²) in [4.78, 5) is 27.4. The molecule has 0 radical (unpaired) electrons. The van der Waals surface area contributed by atoms with Crippen LogP contribution in [0, 0.1) is 0 Å². The average molecular weight is 440 g/mol. The molecule has 0 saturated carbocycles. The Morgan fingerprint density at radius 2 is 2.00 bits per heavy atom. The first-order valence-corrected chi connectivity index (χ1v) is 9.62. The third-order valence-corrected chi connectivity index (χ3v) is 5.28. The molecule has 28 heavy (non-hydrogen) atoms. The maximum atomic E-state index is 12.5. The number of carboxylic acids is 1. The highest BCUT2D eigenvalue weighted by molar-refractivity contribution is 9.10. The van der Waals surface area contributed by atoms with Crippen LogP contribution in [0.15, 0.2) is 65.4 Å². The molecule has 4 rings (SSSR count). The summed E-state index contributed by atoms with van der Waals surface area (Å²) >= 11 is 3.44. The number of H-pyrrole nitrogens is 1. The molecule has 1 amide bonds. The van der Waals surface area contributed by atoms with Crippen LogP contribution in [0.5, 0.6) is 0 Å². The fraction of sp³-hybridized carbons (Fsp3) is 0.143. The number of nitrogens with zero attached hydrogens (tertiary/aromatic N) is 1. The normalized spacial score (nSPS) is 12.3. The first-order valence-electron chi connectivity index (χ1n) is 8.83. The molecule has 3 N–H and O–H groups in total. The summed E-state index contributed by atoms with van der Waals surface area (Å²) in [5.41, 5.74) is 2.71. The summed E-state index contributed by atoms with van der Waals surface area (Å²) in [5, 5.41) is 14.2. The van der Waals surface area contributed by atoms with Gasteiger partial charge in [-0.3, -0.25) is 4.79 Å². The number of carboxylic acid groups (broad SMARTS) is 1. The van der Waals surface area contributed by atoms with Gasteiger partial charge in [-0.1, -0.05) is 40.2 Å². The van der Waals surface area contributed by atoms with Crippen LogP contribution in [0.25, 0.3) is 21.8 Å². The number of hydrogen-bond donors (Lipinski definition) is 3. The van der Waals surface area contributed by atoms with E-state index < -0.39 is 12.0 Å². The predicted molar refractivity (Wildman–Crippen MR) is 111 cm³/mol. The number of fused-ring (bicyclic) bond motifs is 2. The van der Waals surface area contributed by atoms with E-state index in [-0.39, 0.29) is 18.9 Å². The zero-order valence-electron chi connectivity index (χ0n) is 14.9. The van der Waals surface area contributed by atoms with Crippen molar-refractivity contribution in [2.24, 2.45) is 0 Å². The lowest BCUT2D eigenvalue weighted by Crippen LogP contribution is -2.43.